The summed E-state index contributed by atoms with van der Waals surface area (Å²) in [5, 5.41) is 4.16. The van der Waals surface area contributed by atoms with E-state index in [4.69, 9.17) is 14.2 Å². The number of hydrogen-bond acceptors (Lipinski definition) is 6. The van der Waals surface area contributed by atoms with E-state index in [9.17, 15) is 22.8 Å². The zero-order chi connectivity index (χ0) is 22.2. The van der Waals surface area contributed by atoms with E-state index < -0.39 is 29.3 Å². The number of fused-ring (bicyclic) bond motifs is 1. The summed E-state index contributed by atoms with van der Waals surface area (Å²) in [6.07, 6.45) is -3.75. The monoisotopic (exact) mass is 432 g/mol. The van der Waals surface area contributed by atoms with Crippen LogP contribution in [0.2, 0.25) is 0 Å². The SMILES string of the molecule is CCOC(=O)c1ccc(N2N=C(C(F)(F)F)/C(=C/c3ccc4c(c3)OCO4)C2=O)cc1. The van der Waals surface area contributed by atoms with Gasteiger partial charge in [-0.05, 0) is 55.0 Å². The molecule has 0 aliphatic carbocycles. The van der Waals surface area contributed by atoms with Gasteiger partial charge in [0.25, 0.3) is 5.91 Å². The summed E-state index contributed by atoms with van der Waals surface area (Å²) in [5.41, 5.74) is -1.32. The number of rotatable bonds is 4. The van der Waals surface area contributed by atoms with Crippen LogP contribution in [0.25, 0.3) is 6.08 Å². The summed E-state index contributed by atoms with van der Waals surface area (Å²) >= 11 is 0. The third-order valence-corrected chi connectivity index (χ3v) is 4.48. The highest BCUT2D eigenvalue weighted by atomic mass is 19.4. The molecule has 0 N–H and O–H groups in total. The van der Waals surface area contributed by atoms with Gasteiger partial charge in [-0.25, -0.2) is 4.79 Å². The molecular weight excluding hydrogens is 417 g/mol. The Morgan fingerprint density at radius 2 is 1.87 bits per heavy atom. The number of nitrogens with zero attached hydrogens (tertiary/aromatic N) is 2. The van der Waals surface area contributed by atoms with Crippen molar-refractivity contribution in [3.05, 3.63) is 59.2 Å². The average Bonchev–Trinajstić information content (AvgIpc) is 3.33. The van der Waals surface area contributed by atoms with E-state index in [2.05, 4.69) is 5.10 Å². The third kappa shape index (κ3) is 3.96. The van der Waals surface area contributed by atoms with Gasteiger partial charge in [0.15, 0.2) is 17.2 Å². The Morgan fingerprint density at radius 1 is 1.16 bits per heavy atom. The Labute approximate surface area is 174 Å². The van der Waals surface area contributed by atoms with Gasteiger partial charge in [0.05, 0.1) is 23.4 Å². The van der Waals surface area contributed by atoms with Crippen molar-refractivity contribution in [2.45, 2.75) is 13.1 Å². The van der Waals surface area contributed by atoms with Crippen LogP contribution in [-0.4, -0.2) is 37.2 Å². The first-order chi connectivity index (χ1) is 14.8. The van der Waals surface area contributed by atoms with E-state index in [0.717, 1.165) is 6.08 Å². The van der Waals surface area contributed by atoms with Gasteiger partial charge in [0, 0.05) is 0 Å². The van der Waals surface area contributed by atoms with E-state index in [1.807, 2.05) is 0 Å². The first kappa shape index (κ1) is 20.5. The van der Waals surface area contributed by atoms with Crippen LogP contribution in [0.4, 0.5) is 18.9 Å². The largest absolute Gasteiger partial charge is 0.462 e. The predicted octanol–water partition coefficient (Wildman–Crippen LogP) is 3.94. The quantitative estimate of drug-likeness (QED) is 0.540. The van der Waals surface area contributed by atoms with Crippen LogP contribution in [0.5, 0.6) is 11.5 Å². The maximum absolute atomic E-state index is 13.6. The Kier molecular flexibility index (Phi) is 5.14. The Balaban J connectivity index is 1.68. The summed E-state index contributed by atoms with van der Waals surface area (Å²) < 4.78 is 56.1. The van der Waals surface area contributed by atoms with Gasteiger partial charge in [-0.2, -0.15) is 23.3 Å². The number of carbonyl (C=O) groups is 2. The van der Waals surface area contributed by atoms with Crippen molar-refractivity contribution in [1.82, 2.24) is 0 Å². The van der Waals surface area contributed by atoms with Crippen LogP contribution in [0, 0.1) is 0 Å². The Bertz CT molecular complexity index is 1110. The lowest BCUT2D eigenvalue weighted by molar-refractivity contribution is -0.114. The molecule has 0 saturated heterocycles. The van der Waals surface area contributed by atoms with E-state index >= 15 is 0 Å². The van der Waals surface area contributed by atoms with Crippen molar-refractivity contribution >= 4 is 29.4 Å². The molecule has 160 valence electrons. The van der Waals surface area contributed by atoms with E-state index in [-0.39, 0.29) is 24.7 Å². The molecule has 0 fully saturated rings. The van der Waals surface area contributed by atoms with Crippen LogP contribution in [0.1, 0.15) is 22.8 Å². The summed E-state index contributed by atoms with van der Waals surface area (Å²) in [7, 11) is 0. The van der Waals surface area contributed by atoms with Crippen molar-refractivity contribution in [3.8, 4) is 11.5 Å². The lowest BCUT2D eigenvalue weighted by atomic mass is 10.1. The second-order valence-corrected chi connectivity index (χ2v) is 6.50. The van der Waals surface area contributed by atoms with Crippen LogP contribution in [-0.2, 0) is 9.53 Å². The molecule has 0 aromatic heterocycles. The lowest BCUT2D eigenvalue weighted by Gasteiger charge is -2.12. The minimum absolute atomic E-state index is 0.0130. The Morgan fingerprint density at radius 3 is 2.55 bits per heavy atom. The van der Waals surface area contributed by atoms with E-state index in [1.165, 1.54) is 36.4 Å². The van der Waals surface area contributed by atoms with Crippen LogP contribution in [0.3, 0.4) is 0 Å². The summed E-state index contributed by atoms with van der Waals surface area (Å²) in [6, 6.07) is 9.89. The second kappa shape index (κ2) is 7.78. The normalized spacial score (nSPS) is 16.6. The maximum Gasteiger partial charge on any atom is 0.435 e. The summed E-state index contributed by atoms with van der Waals surface area (Å²) in [5.74, 6) is -0.692. The number of amides is 1. The van der Waals surface area contributed by atoms with Crippen LogP contribution in [0.15, 0.2) is 53.1 Å². The molecule has 2 aromatic rings. The number of esters is 1. The molecule has 0 atom stereocenters. The number of hydrogen-bond donors (Lipinski definition) is 0. The van der Waals surface area contributed by atoms with Crippen molar-refractivity contribution in [2.75, 3.05) is 18.4 Å². The minimum Gasteiger partial charge on any atom is -0.462 e. The van der Waals surface area contributed by atoms with Gasteiger partial charge in [0.1, 0.15) is 0 Å². The van der Waals surface area contributed by atoms with Crippen LogP contribution < -0.4 is 14.5 Å². The van der Waals surface area contributed by atoms with Gasteiger partial charge in [-0.15, -0.1) is 0 Å². The van der Waals surface area contributed by atoms with Gasteiger partial charge >= 0.3 is 12.1 Å². The van der Waals surface area contributed by atoms with E-state index in [1.54, 1.807) is 13.0 Å². The molecule has 2 aliphatic rings. The molecule has 2 aromatic carbocycles. The molecular formula is C21H15F3N2O5. The van der Waals surface area contributed by atoms with Gasteiger partial charge in [-0.1, -0.05) is 6.07 Å². The number of halogens is 3. The van der Waals surface area contributed by atoms with Crippen molar-refractivity contribution in [1.29, 1.82) is 0 Å². The molecule has 7 nitrogen and oxygen atoms in total. The molecule has 2 aliphatic heterocycles. The lowest BCUT2D eigenvalue weighted by Crippen LogP contribution is -2.25. The predicted molar refractivity (Wildman–Crippen MR) is 104 cm³/mol. The minimum atomic E-state index is -4.85. The highest BCUT2D eigenvalue weighted by molar-refractivity contribution is 6.34. The maximum atomic E-state index is 13.6. The number of anilines is 1. The summed E-state index contributed by atoms with van der Waals surface area (Å²) in [6.45, 7) is 1.84. The van der Waals surface area contributed by atoms with Crippen molar-refractivity contribution in [3.63, 3.8) is 0 Å². The Hall–Kier alpha value is -3.82. The topological polar surface area (TPSA) is 77.4 Å². The number of benzene rings is 2. The van der Waals surface area contributed by atoms with Crippen LogP contribution >= 0.6 is 0 Å². The number of carbonyl (C=O) groups excluding carboxylic acids is 2. The summed E-state index contributed by atoms with van der Waals surface area (Å²) in [4.78, 5) is 24.6. The van der Waals surface area contributed by atoms with E-state index in [0.29, 0.717) is 22.1 Å². The first-order valence-electron chi connectivity index (χ1n) is 9.17. The number of ether oxygens (including phenoxy) is 3. The highest BCUT2D eigenvalue weighted by Crippen LogP contribution is 2.36. The molecule has 4 rings (SSSR count). The fraction of sp³-hybridized carbons (Fsp3) is 0.190. The molecule has 2 heterocycles. The number of alkyl halides is 3. The smallest absolute Gasteiger partial charge is 0.435 e. The molecule has 31 heavy (non-hydrogen) atoms. The molecule has 0 saturated carbocycles. The molecule has 10 heteroatoms. The zero-order valence-corrected chi connectivity index (χ0v) is 16.1. The van der Waals surface area contributed by atoms with Crippen molar-refractivity contribution < 1.29 is 37.0 Å². The molecule has 0 unspecified atom stereocenters. The second-order valence-electron chi connectivity index (χ2n) is 6.50. The molecule has 1 amide bonds. The first-order valence-corrected chi connectivity index (χ1v) is 9.17. The third-order valence-electron chi connectivity index (χ3n) is 4.48. The molecule has 0 bridgehead atoms. The van der Waals surface area contributed by atoms with Gasteiger partial charge in [-0.3, -0.25) is 4.79 Å². The standard InChI is InChI=1S/C21H15F3N2O5/c1-2-29-20(28)13-4-6-14(7-5-13)26-19(27)15(18(25-26)21(22,23)24)9-12-3-8-16-17(10-12)31-11-30-16/h3-10H,2,11H2,1H3/b15-9-. The fourth-order valence-corrected chi connectivity index (χ4v) is 3.05. The number of hydrazone groups is 1. The zero-order valence-electron chi connectivity index (χ0n) is 16.1. The van der Waals surface area contributed by atoms with Crippen molar-refractivity contribution in [2.24, 2.45) is 5.10 Å². The van der Waals surface area contributed by atoms with Gasteiger partial charge < -0.3 is 14.2 Å². The van der Waals surface area contributed by atoms with Gasteiger partial charge in [0.2, 0.25) is 6.79 Å². The highest BCUT2D eigenvalue weighted by Gasteiger charge is 2.46. The fourth-order valence-electron chi connectivity index (χ4n) is 3.05. The average molecular weight is 432 g/mol. The molecule has 0 spiro atoms. The molecule has 0 radical (unpaired) electrons.